The van der Waals surface area contributed by atoms with Gasteiger partial charge in [-0.05, 0) is 36.8 Å². The topological polar surface area (TPSA) is 95.5 Å². The van der Waals surface area contributed by atoms with Crippen LogP contribution in [-0.4, -0.2) is 22.9 Å². The molecule has 0 unspecified atom stereocenters. The van der Waals surface area contributed by atoms with Crippen molar-refractivity contribution in [3.05, 3.63) is 69.2 Å². The molecule has 6 nitrogen and oxygen atoms in total. The fourth-order valence-electron chi connectivity index (χ4n) is 1.85. The molecule has 0 radical (unpaired) electrons. The molecule has 0 spiro atoms. The Hall–Kier alpha value is -2.67. The van der Waals surface area contributed by atoms with Crippen LogP contribution in [0, 0.1) is 6.92 Å². The molecule has 0 aliphatic carbocycles. The summed E-state index contributed by atoms with van der Waals surface area (Å²) >= 11 is 3.32. The van der Waals surface area contributed by atoms with E-state index in [0.29, 0.717) is 5.56 Å². The van der Waals surface area contributed by atoms with E-state index in [1.165, 1.54) is 18.2 Å². The van der Waals surface area contributed by atoms with Gasteiger partial charge in [-0.25, -0.2) is 4.79 Å². The highest BCUT2D eigenvalue weighted by Gasteiger charge is 2.16. The predicted molar refractivity (Wildman–Crippen MR) is 87.2 cm³/mol. The van der Waals surface area contributed by atoms with Crippen LogP contribution in [0.1, 0.15) is 36.6 Å². The minimum atomic E-state index is -1.22. The highest BCUT2D eigenvalue weighted by atomic mass is 79.9. The normalized spacial score (nSPS) is 10.0. The Morgan fingerprint density at radius 3 is 2.17 bits per heavy atom. The largest absolute Gasteiger partial charge is 0.478 e. The molecule has 7 heteroatoms. The zero-order valence-corrected chi connectivity index (χ0v) is 13.7. The van der Waals surface area contributed by atoms with Gasteiger partial charge in [0.05, 0.1) is 11.1 Å². The second-order valence-electron chi connectivity index (χ2n) is 4.72. The Balaban J connectivity index is 2.08. The van der Waals surface area contributed by atoms with Crippen LogP contribution in [0.15, 0.2) is 46.9 Å². The number of amides is 2. The molecule has 2 rings (SSSR count). The Labute approximate surface area is 140 Å². The number of carboxylic acid groups (broad SMARTS) is 1. The van der Waals surface area contributed by atoms with E-state index in [1.807, 2.05) is 6.92 Å². The number of hydrogen-bond donors (Lipinski definition) is 3. The van der Waals surface area contributed by atoms with Crippen LogP contribution in [-0.2, 0) is 0 Å². The average Bonchev–Trinajstić information content (AvgIpc) is 2.54. The molecule has 0 saturated carbocycles. The molecule has 0 atom stereocenters. The molecule has 23 heavy (non-hydrogen) atoms. The lowest BCUT2D eigenvalue weighted by molar-refractivity contribution is 0.0690. The van der Waals surface area contributed by atoms with Crippen molar-refractivity contribution in [1.29, 1.82) is 0 Å². The van der Waals surface area contributed by atoms with E-state index in [-0.39, 0.29) is 11.1 Å². The smallest absolute Gasteiger partial charge is 0.336 e. The number of halogens is 1. The standard InChI is InChI=1S/C16H13BrN2O4/c1-9-6-7-10(8-13(9)17)14(20)18-19-15(21)11-4-2-3-5-12(11)16(22)23/h2-8H,1H3,(H,18,20)(H,19,21)(H,22,23). The molecule has 0 heterocycles. The van der Waals surface area contributed by atoms with Gasteiger partial charge >= 0.3 is 5.97 Å². The first-order valence-electron chi connectivity index (χ1n) is 6.59. The fraction of sp³-hybridized carbons (Fsp3) is 0.0625. The Morgan fingerprint density at radius 1 is 0.957 bits per heavy atom. The van der Waals surface area contributed by atoms with Gasteiger partial charge in [-0.15, -0.1) is 0 Å². The molecule has 3 N–H and O–H groups in total. The van der Waals surface area contributed by atoms with Gasteiger partial charge in [0, 0.05) is 10.0 Å². The molecular weight excluding hydrogens is 364 g/mol. The van der Waals surface area contributed by atoms with Crippen molar-refractivity contribution in [3.8, 4) is 0 Å². The minimum absolute atomic E-state index is 0.0367. The van der Waals surface area contributed by atoms with Gasteiger partial charge < -0.3 is 5.11 Å². The first-order valence-corrected chi connectivity index (χ1v) is 7.38. The molecule has 2 aromatic carbocycles. The van der Waals surface area contributed by atoms with E-state index in [0.717, 1.165) is 10.0 Å². The van der Waals surface area contributed by atoms with Gasteiger partial charge in [-0.3, -0.25) is 20.4 Å². The lowest BCUT2D eigenvalue weighted by Crippen LogP contribution is -2.42. The number of carboxylic acids is 1. The van der Waals surface area contributed by atoms with Gasteiger partial charge in [0.2, 0.25) is 0 Å². The van der Waals surface area contributed by atoms with Crippen molar-refractivity contribution in [2.75, 3.05) is 0 Å². The first kappa shape index (κ1) is 16.7. The van der Waals surface area contributed by atoms with E-state index in [4.69, 9.17) is 5.11 Å². The Morgan fingerprint density at radius 2 is 1.57 bits per heavy atom. The van der Waals surface area contributed by atoms with E-state index in [1.54, 1.807) is 24.3 Å². The fourth-order valence-corrected chi connectivity index (χ4v) is 2.23. The van der Waals surface area contributed by atoms with Crippen LogP contribution >= 0.6 is 15.9 Å². The highest BCUT2D eigenvalue weighted by molar-refractivity contribution is 9.10. The van der Waals surface area contributed by atoms with Crippen LogP contribution in [0.4, 0.5) is 0 Å². The molecule has 2 amide bonds. The summed E-state index contributed by atoms with van der Waals surface area (Å²) in [6.07, 6.45) is 0. The molecule has 0 aliphatic heterocycles. The summed E-state index contributed by atoms with van der Waals surface area (Å²) in [6.45, 7) is 1.89. The highest BCUT2D eigenvalue weighted by Crippen LogP contribution is 2.17. The number of aryl methyl sites for hydroxylation is 1. The zero-order chi connectivity index (χ0) is 17.0. The quantitative estimate of drug-likeness (QED) is 0.717. The van der Waals surface area contributed by atoms with Gasteiger partial charge in [0.15, 0.2) is 0 Å². The number of nitrogens with one attached hydrogen (secondary N) is 2. The maximum absolute atomic E-state index is 12.0. The number of aromatic carboxylic acids is 1. The Bertz CT molecular complexity index is 789. The summed E-state index contributed by atoms with van der Waals surface area (Å²) in [7, 11) is 0. The van der Waals surface area contributed by atoms with E-state index in [9.17, 15) is 14.4 Å². The van der Waals surface area contributed by atoms with Crippen LogP contribution < -0.4 is 10.9 Å². The lowest BCUT2D eigenvalue weighted by atomic mass is 10.1. The number of carbonyl (C=O) groups is 3. The monoisotopic (exact) mass is 376 g/mol. The third-order valence-corrected chi connectivity index (χ3v) is 3.98. The number of carbonyl (C=O) groups excluding carboxylic acids is 2. The van der Waals surface area contributed by atoms with Crippen molar-refractivity contribution < 1.29 is 19.5 Å². The van der Waals surface area contributed by atoms with Crippen LogP contribution in [0.5, 0.6) is 0 Å². The third-order valence-electron chi connectivity index (χ3n) is 3.13. The zero-order valence-electron chi connectivity index (χ0n) is 12.1. The summed E-state index contributed by atoms with van der Waals surface area (Å²) in [4.78, 5) is 35.1. The van der Waals surface area contributed by atoms with Crippen molar-refractivity contribution in [1.82, 2.24) is 10.9 Å². The molecule has 0 saturated heterocycles. The molecule has 0 bridgehead atoms. The summed E-state index contributed by atoms with van der Waals surface area (Å²) in [5.41, 5.74) is 5.62. The van der Waals surface area contributed by atoms with Crippen LogP contribution in [0.3, 0.4) is 0 Å². The number of hydrazine groups is 1. The van der Waals surface area contributed by atoms with Crippen LogP contribution in [0.25, 0.3) is 0 Å². The van der Waals surface area contributed by atoms with Gasteiger partial charge in [-0.1, -0.05) is 34.1 Å². The van der Waals surface area contributed by atoms with Crippen molar-refractivity contribution in [2.24, 2.45) is 0 Å². The van der Waals surface area contributed by atoms with E-state index >= 15 is 0 Å². The summed E-state index contributed by atoms with van der Waals surface area (Å²) in [6, 6.07) is 10.8. The number of benzene rings is 2. The summed E-state index contributed by atoms with van der Waals surface area (Å²) in [5, 5.41) is 9.05. The molecule has 2 aromatic rings. The second-order valence-corrected chi connectivity index (χ2v) is 5.58. The van der Waals surface area contributed by atoms with Gasteiger partial charge in [0.1, 0.15) is 0 Å². The number of hydrogen-bond acceptors (Lipinski definition) is 3. The second kappa shape index (κ2) is 7.06. The van der Waals surface area contributed by atoms with Gasteiger partial charge in [-0.2, -0.15) is 0 Å². The Kier molecular flexibility index (Phi) is 5.13. The van der Waals surface area contributed by atoms with E-state index in [2.05, 4.69) is 26.8 Å². The molecule has 0 aromatic heterocycles. The van der Waals surface area contributed by atoms with Crippen molar-refractivity contribution in [2.45, 2.75) is 6.92 Å². The molecular formula is C16H13BrN2O4. The average molecular weight is 377 g/mol. The molecule has 118 valence electrons. The SMILES string of the molecule is Cc1ccc(C(=O)NNC(=O)c2ccccc2C(=O)O)cc1Br. The summed E-state index contributed by atoms with van der Waals surface area (Å²) < 4.78 is 0.771. The maximum atomic E-state index is 12.0. The molecule has 0 fully saturated rings. The minimum Gasteiger partial charge on any atom is -0.478 e. The lowest BCUT2D eigenvalue weighted by Gasteiger charge is -2.09. The summed E-state index contributed by atoms with van der Waals surface area (Å²) in [5.74, 6) is -2.43. The third kappa shape index (κ3) is 3.95. The first-order chi connectivity index (χ1) is 10.9. The maximum Gasteiger partial charge on any atom is 0.336 e. The number of rotatable bonds is 3. The van der Waals surface area contributed by atoms with Crippen LogP contribution in [0.2, 0.25) is 0 Å². The van der Waals surface area contributed by atoms with E-state index < -0.39 is 17.8 Å². The molecule has 0 aliphatic rings. The van der Waals surface area contributed by atoms with Crippen molar-refractivity contribution >= 4 is 33.7 Å². The van der Waals surface area contributed by atoms with Gasteiger partial charge in [0.25, 0.3) is 11.8 Å². The van der Waals surface area contributed by atoms with Crippen molar-refractivity contribution in [3.63, 3.8) is 0 Å². The predicted octanol–water partition coefficient (Wildman–Crippen LogP) is 2.53.